The fourth-order valence-electron chi connectivity index (χ4n) is 1.97. The van der Waals surface area contributed by atoms with Crippen molar-refractivity contribution in [1.29, 1.82) is 0 Å². The van der Waals surface area contributed by atoms with Crippen molar-refractivity contribution in [1.82, 2.24) is 9.97 Å². The molecule has 0 amide bonds. The maximum atomic E-state index is 5.30. The molecule has 2 heterocycles. The number of nitrogens with zero attached hydrogens (tertiary/aromatic N) is 1. The van der Waals surface area contributed by atoms with Crippen LogP contribution in [0, 0.1) is 6.92 Å². The Bertz CT molecular complexity index is 705. The molecular weight excluding hydrogens is 224 g/mol. The molecule has 18 heavy (non-hydrogen) atoms. The molecule has 90 valence electrons. The Hall–Kier alpha value is -2.29. The lowest BCUT2D eigenvalue weighted by Gasteiger charge is -1.93. The van der Waals surface area contributed by atoms with Crippen LogP contribution >= 0.6 is 0 Å². The highest BCUT2D eigenvalue weighted by molar-refractivity contribution is 5.83. The van der Waals surface area contributed by atoms with Gasteiger partial charge < -0.3 is 9.40 Å². The van der Waals surface area contributed by atoms with E-state index < -0.39 is 0 Å². The first-order chi connectivity index (χ1) is 8.72. The van der Waals surface area contributed by atoms with E-state index in [1.807, 2.05) is 31.2 Å². The number of aryl methyl sites for hydroxylation is 1. The fourth-order valence-corrected chi connectivity index (χ4v) is 1.97. The van der Waals surface area contributed by atoms with E-state index in [1.165, 1.54) is 5.56 Å². The first-order valence-electron chi connectivity index (χ1n) is 5.91. The van der Waals surface area contributed by atoms with Gasteiger partial charge in [0.05, 0.1) is 17.3 Å². The van der Waals surface area contributed by atoms with Crippen molar-refractivity contribution in [2.45, 2.75) is 13.8 Å². The number of furan rings is 1. The van der Waals surface area contributed by atoms with Gasteiger partial charge in [-0.25, -0.2) is 4.98 Å². The number of fused-ring (bicyclic) bond motifs is 1. The molecule has 0 aliphatic rings. The zero-order valence-electron chi connectivity index (χ0n) is 10.4. The molecule has 3 aromatic rings. The Morgan fingerprint density at radius 3 is 3.00 bits per heavy atom. The molecule has 0 aliphatic carbocycles. The molecule has 2 aromatic heterocycles. The molecule has 3 heteroatoms. The average Bonchev–Trinajstić information content (AvgIpc) is 2.96. The van der Waals surface area contributed by atoms with E-state index in [0.29, 0.717) is 0 Å². The summed E-state index contributed by atoms with van der Waals surface area (Å²) in [6.45, 7) is 4.10. The fraction of sp³-hybridized carbons (Fsp3) is 0.133. The Labute approximate surface area is 105 Å². The number of nitrogens with one attached hydrogen (secondary N) is 1. The molecule has 3 nitrogen and oxygen atoms in total. The minimum Gasteiger partial charge on any atom is -0.465 e. The van der Waals surface area contributed by atoms with Crippen LogP contribution in [0.4, 0.5) is 0 Å². The van der Waals surface area contributed by atoms with Crippen LogP contribution < -0.4 is 0 Å². The number of allylic oxidation sites excluding steroid dienone is 1. The second-order valence-electron chi connectivity index (χ2n) is 4.45. The van der Waals surface area contributed by atoms with E-state index in [4.69, 9.17) is 4.42 Å². The van der Waals surface area contributed by atoms with Crippen molar-refractivity contribution >= 4 is 22.7 Å². The highest BCUT2D eigenvalue weighted by atomic mass is 16.3. The minimum absolute atomic E-state index is 0.837. The van der Waals surface area contributed by atoms with Gasteiger partial charge in [-0.05, 0) is 55.3 Å². The lowest BCUT2D eigenvalue weighted by atomic mass is 10.2. The summed E-state index contributed by atoms with van der Waals surface area (Å²) in [7, 11) is 0. The normalized spacial score (nSPS) is 12.2. The third-order valence-corrected chi connectivity index (χ3v) is 2.91. The molecule has 1 N–H and O–H groups in total. The zero-order chi connectivity index (χ0) is 12.5. The van der Waals surface area contributed by atoms with Crippen LogP contribution in [-0.2, 0) is 0 Å². The van der Waals surface area contributed by atoms with Crippen molar-refractivity contribution in [3.05, 3.63) is 53.7 Å². The Kier molecular flexibility index (Phi) is 2.52. The maximum absolute atomic E-state index is 5.30. The van der Waals surface area contributed by atoms with E-state index in [0.717, 1.165) is 28.2 Å². The number of aromatic amines is 1. The molecule has 0 saturated heterocycles. The highest BCUT2D eigenvalue weighted by Gasteiger charge is 2.05. The van der Waals surface area contributed by atoms with Gasteiger partial charge in [-0.15, -0.1) is 0 Å². The standard InChI is InChI=1S/C15H14N2O/c1-10-5-6-13-14(8-10)17-15(16-13)11(2)9-12-4-3-7-18-12/h3-9H,1-2H3,(H,16,17). The highest BCUT2D eigenvalue weighted by Crippen LogP contribution is 2.20. The first-order valence-corrected chi connectivity index (χ1v) is 5.91. The number of H-pyrrole nitrogens is 1. The van der Waals surface area contributed by atoms with Gasteiger partial charge in [0.25, 0.3) is 0 Å². The summed E-state index contributed by atoms with van der Waals surface area (Å²) < 4.78 is 5.30. The summed E-state index contributed by atoms with van der Waals surface area (Å²) in [5.74, 6) is 1.72. The largest absolute Gasteiger partial charge is 0.465 e. The van der Waals surface area contributed by atoms with Gasteiger partial charge in [0.2, 0.25) is 0 Å². The Morgan fingerprint density at radius 2 is 2.22 bits per heavy atom. The van der Waals surface area contributed by atoms with Gasteiger partial charge in [0.15, 0.2) is 0 Å². The quantitative estimate of drug-likeness (QED) is 0.732. The van der Waals surface area contributed by atoms with Crippen LogP contribution in [0.25, 0.3) is 22.7 Å². The van der Waals surface area contributed by atoms with Crippen molar-refractivity contribution in [2.75, 3.05) is 0 Å². The third-order valence-electron chi connectivity index (χ3n) is 2.91. The van der Waals surface area contributed by atoms with Crippen molar-refractivity contribution in [3.8, 4) is 0 Å². The molecule has 0 aliphatic heterocycles. The number of benzene rings is 1. The van der Waals surface area contributed by atoms with Crippen LogP contribution in [0.2, 0.25) is 0 Å². The lowest BCUT2D eigenvalue weighted by molar-refractivity contribution is 0.557. The SMILES string of the molecule is CC(=Cc1ccco1)c1nc2ccc(C)cc2[nH]1. The molecule has 1 aromatic carbocycles. The van der Waals surface area contributed by atoms with Crippen LogP contribution in [0.5, 0.6) is 0 Å². The Balaban J connectivity index is 2.04. The molecule has 3 rings (SSSR count). The topological polar surface area (TPSA) is 41.8 Å². The van der Waals surface area contributed by atoms with Gasteiger partial charge in [-0.3, -0.25) is 0 Å². The Morgan fingerprint density at radius 1 is 1.33 bits per heavy atom. The molecule has 0 spiro atoms. The summed E-state index contributed by atoms with van der Waals surface area (Å²) in [6.07, 6.45) is 3.64. The van der Waals surface area contributed by atoms with E-state index in [9.17, 15) is 0 Å². The summed E-state index contributed by atoms with van der Waals surface area (Å²) in [4.78, 5) is 7.90. The predicted octanol–water partition coefficient (Wildman–Crippen LogP) is 4.02. The maximum Gasteiger partial charge on any atom is 0.134 e. The van der Waals surface area contributed by atoms with Crippen LogP contribution in [0.3, 0.4) is 0 Å². The predicted molar refractivity (Wildman–Crippen MR) is 73.1 cm³/mol. The zero-order valence-corrected chi connectivity index (χ0v) is 10.4. The average molecular weight is 238 g/mol. The number of rotatable bonds is 2. The van der Waals surface area contributed by atoms with E-state index in [2.05, 4.69) is 29.0 Å². The number of imidazole rings is 1. The monoisotopic (exact) mass is 238 g/mol. The summed E-state index contributed by atoms with van der Waals surface area (Å²) in [5, 5.41) is 0. The first kappa shape index (κ1) is 10.8. The smallest absolute Gasteiger partial charge is 0.134 e. The molecular formula is C15H14N2O. The molecule has 0 saturated carbocycles. The van der Waals surface area contributed by atoms with Crippen LogP contribution in [-0.4, -0.2) is 9.97 Å². The molecule has 0 atom stereocenters. The lowest BCUT2D eigenvalue weighted by Crippen LogP contribution is -1.81. The summed E-state index contributed by atoms with van der Waals surface area (Å²) in [5.41, 5.74) is 4.34. The molecule has 0 radical (unpaired) electrons. The number of hydrogen-bond acceptors (Lipinski definition) is 2. The molecule has 0 unspecified atom stereocenters. The van der Waals surface area contributed by atoms with Crippen molar-refractivity contribution in [2.24, 2.45) is 0 Å². The number of aromatic nitrogens is 2. The van der Waals surface area contributed by atoms with Gasteiger partial charge in [-0.2, -0.15) is 0 Å². The van der Waals surface area contributed by atoms with Gasteiger partial charge >= 0.3 is 0 Å². The summed E-state index contributed by atoms with van der Waals surface area (Å²) in [6, 6.07) is 10.0. The van der Waals surface area contributed by atoms with Crippen LogP contribution in [0.1, 0.15) is 24.1 Å². The second-order valence-corrected chi connectivity index (χ2v) is 4.45. The van der Waals surface area contributed by atoms with Crippen LogP contribution in [0.15, 0.2) is 41.0 Å². The van der Waals surface area contributed by atoms with E-state index in [1.54, 1.807) is 6.26 Å². The second kappa shape index (κ2) is 4.18. The molecule has 0 fully saturated rings. The van der Waals surface area contributed by atoms with E-state index >= 15 is 0 Å². The van der Waals surface area contributed by atoms with Gasteiger partial charge in [-0.1, -0.05) is 6.07 Å². The van der Waals surface area contributed by atoms with E-state index in [-0.39, 0.29) is 0 Å². The third kappa shape index (κ3) is 1.95. The number of hydrogen-bond donors (Lipinski definition) is 1. The van der Waals surface area contributed by atoms with Gasteiger partial charge in [0.1, 0.15) is 11.6 Å². The molecule has 0 bridgehead atoms. The van der Waals surface area contributed by atoms with Gasteiger partial charge in [0, 0.05) is 0 Å². The van der Waals surface area contributed by atoms with Crippen molar-refractivity contribution in [3.63, 3.8) is 0 Å². The summed E-state index contributed by atoms with van der Waals surface area (Å²) >= 11 is 0. The minimum atomic E-state index is 0.837. The van der Waals surface area contributed by atoms with Crippen molar-refractivity contribution < 1.29 is 4.42 Å².